The molecule has 1 aromatic heterocycles. The van der Waals surface area contributed by atoms with E-state index in [0.717, 1.165) is 48.5 Å². The zero-order valence-corrected chi connectivity index (χ0v) is 20.2. The van der Waals surface area contributed by atoms with Gasteiger partial charge in [-0.3, -0.25) is 19.1 Å². The number of ether oxygens (including phenoxy) is 2. The molecule has 0 saturated carbocycles. The van der Waals surface area contributed by atoms with Gasteiger partial charge in [0.15, 0.2) is 0 Å². The number of H-pyrrole nitrogens is 1. The molecule has 0 aliphatic carbocycles. The fourth-order valence-corrected chi connectivity index (χ4v) is 4.33. The maximum atomic E-state index is 12.7. The number of nitrogens with one attached hydrogen (secondary N) is 2. The summed E-state index contributed by atoms with van der Waals surface area (Å²) in [5.41, 5.74) is 0.768. The number of benzene rings is 2. The van der Waals surface area contributed by atoms with Crippen LogP contribution >= 0.6 is 0 Å². The monoisotopic (exact) mass is 480 g/mol. The van der Waals surface area contributed by atoms with Crippen LogP contribution in [-0.2, 0) is 17.8 Å². The average molecular weight is 481 g/mol. The molecule has 9 nitrogen and oxygen atoms in total. The van der Waals surface area contributed by atoms with Gasteiger partial charge in [-0.1, -0.05) is 12.1 Å². The van der Waals surface area contributed by atoms with Gasteiger partial charge in [-0.25, -0.2) is 4.79 Å². The second kappa shape index (κ2) is 11.3. The van der Waals surface area contributed by atoms with Gasteiger partial charge in [0.25, 0.3) is 11.5 Å². The number of carbonyl (C=O) groups excluding carboxylic acids is 1. The summed E-state index contributed by atoms with van der Waals surface area (Å²) in [6.45, 7) is 5.39. The van der Waals surface area contributed by atoms with Crippen molar-refractivity contribution in [1.29, 1.82) is 0 Å². The summed E-state index contributed by atoms with van der Waals surface area (Å²) < 4.78 is 12.5. The van der Waals surface area contributed by atoms with Crippen molar-refractivity contribution in [3.63, 3.8) is 0 Å². The third-order valence-corrected chi connectivity index (χ3v) is 6.44. The molecule has 2 aromatic carbocycles. The van der Waals surface area contributed by atoms with Crippen LogP contribution in [0, 0.1) is 0 Å². The van der Waals surface area contributed by atoms with Crippen molar-refractivity contribution < 1.29 is 14.3 Å². The van der Waals surface area contributed by atoms with Crippen LogP contribution in [-0.4, -0.2) is 59.8 Å². The minimum atomic E-state index is -0.488. The van der Waals surface area contributed by atoms with E-state index >= 15 is 0 Å². The van der Waals surface area contributed by atoms with Crippen LogP contribution < -0.4 is 21.3 Å². The Balaban J connectivity index is 1.33. The molecule has 0 atom stereocenters. The van der Waals surface area contributed by atoms with Crippen LogP contribution in [0.25, 0.3) is 10.9 Å². The number of hydrogen-bond donors (Lipinski definition) is 2. The minimum Gasteiger partial charge on any atom is -0.492 e. The molecule has 9 heteroatoms. The number of aromatic nitrogens is 2. The summed E-state index contributed by atoms with van der Waals surface area (Å²) >= 11 is 0. The van der Waals surface area contributed by atoms with E-state index < -0.39 is 5.69 Å². The van der Waals surface area contributed by atoms with Crippen LogP contribution in [0.15, 0.2) is 52.1 Å². The van der Waals surface area contributed by atoms with E-state index in [-0.39, 0.29) is 18.0 Å². The van der Waals surface area contributed by atoms with Crippen LogP contribution in [0.3, 0.4) is 0 Å². The van der Waals surface area contributed by atoms with Crippen LogP contribution in [0.4, 0.5) is 0 Å². The van der Waals surface area contributed by atoms with Crippen molar-refractivity contribution in [2.24, 2.45) is 0 Å². The highest BCUT2D eigenvalue weighted by molar-refractivity contribution is 5.97. The molecule has 3 aromatic rings. The fourth-order valence-electron chi connectivity index (χ4n) is 4.33. The van der Waals surface area contributed by atoms with Gasteiger partial charge in [-0.2, -0.15) is 0 Å². The van der Waals surface area contributed by atoms with E-state index in [0.29, 0.717) is 35.7 Å². The van der Waals surface area contributed by atoms with Crippen molar-refractivity contribution in [3.05, 3.63) is 74.4 Å². The fraction of sp³-hybridized carbons (Fsp3) is 0.423. The van der Waals surface area contributed by atoms with Gasteiger partial charge in [0.05, 0.1) is 10.9 Å². The molecule has 35 heavy (non-hydrogen) atoms. The lowest BCUT2D eigenvalue weighted by Crippen LogP contribution is -2.38. The zero-order valence-electron chi connectivity index (χ0n) is 20.2. The van der Waals surface area contributed by atoms with Gasteiger partial charge in [0.1, 0.15) is 12.4 Å². The van der Waals surface area contributed by atoms with Crippen LogP contribution in [0.1, 0.15) is 35.7 Å². The molecular weight excluding hydrogens is 448 g/mol. The molecule has 1 amide bonds. The van der Waals surface area contributed by atoms with E-state index in [1.165, 1.54) is 6.07 Å². The summed E-state index contributed by atoms with van der Waals surface area (Å²) in [7, 11) is 2.12. The third kappa shape index (κ3) is 5.98. The summed E-state index contributed by atoms with van der Waals surface area (Å²) in [6.07, 6.45) is 2.10. The number of amides is 1. The molecule has 2 N–H and O–H groups in total. The maximum absolute atomic E-state index is 12.7. The average Bonchev–Trinajstić information content (AvgIpc) is 2.88. The first-order valence-electron chi connectivity index (χ1n) is 12.0. The Morgan fingerprint density at radius 1 is 1.20 bits per heavy atom. The van der Waals surface area contributed by atoms with E-state index in [9.17, 15) is 14.4 Å². The number of nitrogens with zero attached hydrogens (tertiary/aromatic N) is 2. The smallest absolute Gasteiger partial charge is 0.328 e. The maximum Gasteiger partial charge on any atom is 0.328 e. The lowest BCUT2D eigenvalue weighted by molar-refractivity contribution is 0.0392. The van der Waals surface area contributed by atoms with Crippen molar-refractivity contribution in [3.8, 4) is 5.75 Å². The first-order valence-corrected chi connectivity index (χ1v) is 12.0. The largest absolute Gasteiger partial charge is 0.492 e. The molecule has 0 spiro atoms. The highest BCUT2D eigenvalue weighted by Crippen LogP contribution is 2.16. The number of fused-ring (bicyclic) bond motifs is 1. The molecule has 0 bridgehead atoms. The molecule has 0 unspecified atom stereocenters. The number of likely N-dealkylation sites (N-methyl/N-ethyl adjacent to an activating group) is 1. The molecule has 1 aliphatic rings. The molecule has 2 heterocycles. The lowest BCUT2D eigenvalue weighted by Gasteiger charge is -2.31. The lowest BCUT2D eigenvalue weighted by atomic mass is 10.1. The van der Waals surface area contributed by atoms with Gasteiger partial charge in [-0.05, 0) is 62.7 Å². The van der Waals surface area contributed by atoms with E-state index in [2.05, 4.69) is 22.2 Å². The standard InChI is InChI=1S/C26H32N4O5/c1-3-30-25(32)22-8-7-19(16-23(22)28-26(30)33)24(31)27-17-18-5-4-6-21(15-18)35-14-11-29(2)20-9-12-34-13-10-20/h4-8,15-16,20H,3,9-14,17H2,1-2H3,(H,27,31)(H,28,33). The summed E-state index contributed by atoms with van der Waals surface area (Å²) in [5.74, 6) is 0.462. The van der Waals surface area contributed by atoms with Gasteiger partial charge in [0, 0.05) is 44.5 Å². The number of rotatable bonds is 9. The Kier molecular flexibility index (Phi) is 7.99. The SMILES string of the molecule is CCn1c(=O)[nH]c2cc(C(=O)NCc3cccc(OCCN(C)C4CCOCC4)c3)ccc2c1=O. The Morgan fingerprint density at radius 2 is 2.00 bits per heavy atom. The highest BCUT2D eigenvalue weighted by Gasteiger charge is 2.18. The molecular formula is C26H32N4O5. The predicted molar refractivity (Wildman–Crippen MR) is 134 cm³/mol. The van der Waals surface area contributed by atoms with E-state index in [4.69, 9.17) is 9.47 Å². The molecule has 0 radical (unpaired) electrons. The quantitative estimate of drug-likeness (QED) is 0.486. The van der Waals surface area contributed by atoms with Gasteiger partial charge >= 0.3 is 5.69 Å². The third-order valence-electron chi connectivity index (χ3n) is 6.44. The Labute approximate surface area is 203 Å². The van der Waals surface area contributed by atoms with Crippen molar-refractivity contribution in [1.82, 2.24) is 19.8 Å². The van der Waals surface area contributed by atoms with E-state index in [1.807, 2.05) is 24.3 Å². The van der Waals surface area contributed by atoms with Gasteiger partial charge < -0.3 is 19.8 Å². The first-order chi connectivity index (χ1) is 17.0. The van der Waals surface area contributed by atoms with Crippen LogP contribution in [0.5, 0.6) is 5.75 Å². The van der Waals surface area contributed by atoms with E-state index in [1.54, 1.807) is 19.1 Å². The zero-order chi connectivity index (χ0) is 24.8. The number of aromatic amines is 1. The summed E-state index contributed by atoms with van der Waals surface area (Å²) in [5, 5.41) is 3.26. The summed E-state index contributed by atoms with van der Waals surface area (Å²) in [4.78, 5) is 42.2. The first kappa shape index (κ1) is 24.7. The minimum absolute atomic E-state index is 0.280. The molecule has 1 fully saturated rings. The van der Waals surface area contributed by atoms with Crippen LogP contribution in [0.2, 0.25) is 0 Å². The highest BCUT2D eigenvalue weighted by atomic mass is 16.5. The topological polar surface area (TPSA) is 106 Å². The second-order valence-corrected chi connectivity index (χ2v) is 8.74. The van der Waals surface area contributed by atoms with Gasteiger partial charge in [-0.15, -0.1) is 0 Å². The molecule has 1 aliphatic heterocycles. The second-order valence-electron chi connectivity index (χ2n) is 8.74. The normalized spacial score (nSPS) is 14.4. The van der Waals surface area contributed by atoms with Crippen molar-refractivity contribution in [2.75, 3.05) is 33.4 Å². The summed E-state index contributed by atoms with van der Waals surface area (Å²) in [6, 6.07) is 12.9. The Hall–Kier alpha value is -3.43. The number of carbonyl (C=O) groups is 1. The van der Waals surface area contributed by atoms with Crippen molar-refractivity contribution >= 4 is 16.8 Å². The Morgan fingerprint density at radius 3 is 2.77 bits per heavy atom. The van der Waals surface area contributed by atoms with Crippen molar-refractivity contribution in [2.45, 2.75) is 38.9 Å². The van der Waals surface area contributed by atoms with Gasteiger partial charge in [0.2, 0.25) is 0 Å². The predicted octanol–water partition coefficient (Wildman–Crippen LogP) is 2.13. The molecule has 1 saturated heterocycles. The number of hydrogen-bond acceptors (Lipinski definition) is 6. The molecule has 186 valence electrons. The molecule has 4 rings (SSSR count). The Bertz CT molecular complexity index is 1290.